The molecule has 0 spiro atoms. The van der Waals surface area contributed by atoms with Gasteiger partial charge in [0.2, 0.25) is 5.91 Å². The quantitative estimate of drug-likeness (QED) is 0.416. The summed E-state index contributed by atoms with van der Waals surface area (Å²) in [5, 5.41) is 3.01. The second-order valence-electron chi connectivity index (χ2n) is 10.3. The van der Waals surface area contributed by atoms with Crippen molar-refractivity contribution in [3.05, 3.63) is 81.0 Å². The van der Waals surface area contributed by atoms with E-state index >= 15 is 0 Å². The van der Waals surface area contributed by atoms with Crippen molar-refractivity contribution in [1.82, 2.24) is 9.55 Å². The second-order valence-corrected chi connectivity index (χ2v) is 10.8. The van der Waals surface area contributed by atoms with Gasteiger partial charge in [0, 0.05) is 42.3 Å². The number of aromatic nitrogens is 2. The van der Waals surface area contributed by atoms with Crippen molar-refractivity contribution >= 4 is 29.1 Å². The molecule has 1 aromatic carbocycles. The third-order valence-corrected chi connectivity index (χ3v) is 7.65. The molecule has 222 valence electrons. The van der Waals surface area contributed by atoms with Gasteiger partial charge in [-0.05, 0) is 60.2 Å². The minimum Gasteiger partial charge on any atom is -0.378 e. The average molecular weight is 605 g/mol. The molecule has 13 heteroatoms. The SMILES string of the molecule is NC(=O)c1ccc(NC(=O)[C@H](C[C@@H]2CCCCO2)n2cc3c(cc2=O)-c2cc(Cl)ccc2CC(C(F)(F)F)OC3)cn1. The molecule has 1 unspecified atom stereocenters. The highest BCUT2D eigenvalue weighted by molar-refractivity contribution is 6.30. The van der Waals surface area contributed by atoms with Crippen LogP contribution in [0.4, 0.5) is 18.9 Å². The average Bonchev–Trinajstić information content (AvgIpc) is 2.94. The fraction of sp³-hybridized carbons (Fsp3) is 0.379. The van der Waals surface area contributed by atoms with Crippen molar-refractivity contribution in [2.24, 2.45) is 5.73 Å². The monoisotopic (exact) mass is 604 g/mol. The molecule has 2 aliphatic rings. The summed E-state index contributed by atoms with van der Waals surface area (Å²) < 4.78 is 53.8. The molecule has 0 radical (unpaired) electrons. The summed E-state index contributed by atoms with van der Waals surface area (Å²) in [6.45, 7) is 0.0688. The fourth-order valence-corrected chi connectivity index (χ4v) is 5.44. The van der Waals surface area contributed by atoms with E-state index in [0.29, 0.717) is 40.3 Å². The van der Waals surface area contributed by atoms with Gasteiger partial charge in [-0.1, -0.05) is 17.7 Å². The fourth-order valence-electron chi connectivity index (χ4n) is 5.27. The molecule has 3 N–H and O–H groups in total. The third-order valence-electron chi connectivity index (χ3n) is 7.42. The number of nitrogens with two attached hydrogens (primary N) is 1. The van der Waals surface area contributed by atoms with Crippen LogP contribution in [0.2, 0.25) is 5.02 Å². The molecule has 3 atom stereocenters. The number of fused-ring (bicyclic) bond motifs is 3. The van der Waals surface area contributed by atoms with E-state index in [-0.39, 0.29) is 23.9 Å². The highest BCUT2D eigenvalue weighted by Crippen LogP contribution is 2.37. The van der Waals surface area contributed by atoms with Gasteiger partial charge < -0.3 is 25.1 Å². The van der Waals surface area contributed by atoms with Crippen molar-refractivity contribution in [1.29, 1.82) is 0 Å². The lowest BCUT2D eigenvalue weighted by atomic mass is 9.92. The lowest BCUT2D eigenvalue weighted by Gasteiger charge is -2.29. The van der Waals surface area contributed by atoms with Gasteiger partial charge in [-0.3, -0.25) is 14.4 Å². The molecule has 2 aliphatic heterocycles. The van der Waals surface area contributed by atoms with Gasteiger partial charge in [-0.15, -0.1) is 0 Å². The number of carbonyl (C=O) groups is 2. The number of anilines is 1. The molecule has 5 rings (SSSR count). The van der Waals surface area contributed by atoms with Crippen LogP contribution in [0.25, 0.3) is 11.1 Å². The van der Waals surface area contributed by atoms with Gasteiger partial charge in [0.25, 0.3) is 11.5 Å². The summed E-state index contributed by atoms with van der Waals surface area (Å²) in [7, 11) is 0. The molecule has 0 saturated carbocycles. The third kappa shape index (κ3) is 6.66. The molecule has 9 nitrogen and oxygen atoms in total. The zero-order valence-corrected chi connectivity index (χ0v) is 23.1. The Labute approximate surface area is 243 Å². The molecule has 0 aliphatic carbocycles. The number of hydrogen-bond donors (Lipinski definition) is 2. The van der Waals surface area contributed by atoms with Gasteiger partial charge in [-0.25, -0.2) is 4.98 Å². The van der Waals surface area contributed by atoms with Gasteiger partial charge >= 0.3 is 6.18 Å². The number of ether oxygens (including phenoxy) is 2. The molecule has 2 aromatic heterocycles. The van der Waals surface area contributed by atoms with Crippen LogP contribution in [0, 0.1) is 0 Å². The molecule has 42 heavy (non-hydrogen) atoms. The van der Waals surface area contributed by atoms with E-state index in [0.717, 1.165) is 12.8 Å². The second kappa shape index (κ2) is 12.2. The van der Waals surface area contributed by atoms with Crippen molar-refractivity contribution in [3.63, 3.8) is 0 Å². The Balaban J connectivity index is 1.55. The molecule has 1 fully saturated rings. The smallest absolute Gasteiger partial charge is 0.378 e. The molecule has 3 aromatic rings. The Bertz CT molecular complexity index is 1540. The number of benzene rings is 1. The normalized spacial score (nSPS) is 19.5. The number of carbonyl (C=O) groups excluding carboxylic acids is 2. The summed E-state index contributed by atoms with van der Waals surface area (Å²) >= 11 is 6.20. The Hall–Kier alpha value is -3.74. The number of hydrogen-bond acceptors (Lipinski definition) is 6. The summed E-state index contributed by atoms with van der Waals surface area (Å²) in [6, 6.07) is 7.54. The Morgan fingerprint density at radius 1 is 1.12 bits per heavy atom. The van der Waals surface area contributed by atoms with Crippen molar-refractivity contribution < 1.29 is 32.2 Å². The molecule has 4 heterocycles. The van der Waals surface area contributed by atoms with Crippen molar-refractivity contribution in [2.75, 3.05) is 11.9 Å². The topological polar surface area (TPSA) is 126 Å². The lowest BCUT2D eigenvalue weighted by molar-refractivity contribution is -0.223. The van der Waals surface area contributed by atoms with E-state index in [1.807, 2.05) is 0 Å². The first-order valence-electron chi connectivity index (χ1n) is 13.4. The highest BCUT2D eigenvalue weighted by atomic mass is 35.5. The molecular formula is C29H28ClF3N4O5. The van der Waals surface area contributed by atoms with Crippen LogP contribution in [-0.2, 0) is 27.3 Å². The van der Waals surface area contributed by atoms with Crippen LogP contribution in [-0.4, -0.2) is 46.4 Å². The van der Waals surface area contributed by atoms with Crippen LogP contribution in [0.15, 0.2) is 53.6 Å². The van der Waals surface area contributed by atoms with Gasteiger partial charge in [0.1, 0.15) is 11.7 Å². The minimum absolute atomic E-state index is 0.00981. The van der Waals surface area contributed by atoms with E-state index < -0.39 is 48.7 Å². The minimum atomic E-state index is -4.62. The van der Waals surface area contributed by atoms with Crippen molar-refractivity contribution in [2.45, 2.75) is 63.1 Å². The van der Waals surface area contributed by atoms with E-state index in [1.54, 1.807) is 0 Å². The Morgan fingerprint density at radius 3 is 2.57 bits per heavy atom. The lowest BCUT2D eigenvalue weighted by Crippen LogP contribution is -2.38. The number of nitrogens with zero attached hydrogens (tertiary/aromatic N) is 2. The van der Waals surface area contributed by atoms with Crippen LogP contribution in [0.5, 0.6) is 0 Å². The van der Waals surface area contributed by atoms with Gasteiger partial charge in [-0.2, -0.15) is 13.2 Å². The number of nitrogens with one attached hydrogen (secondary N) is 1. The highest BCUT2D eigenvalue weighted by Gasteiger charge is 2.42. The maximum absolute atomic E-state index is 13.8. The van der Waals surface area contributed by atoms with Gasteiger partial charge in [0.05, 0.1) is 24.6 Å². The zero-order valence-electron chi connectivity index (χ0n) is 22.3. The van der Waals surface area contributed by atoms with Crippen LogP contribution in [0.3, 0.4) is 0 Å². The molecular weight excluding hydrogens is 577 g/mol. The van der Waals surface area contributed by atoms with E-state index in [1.165, 1.54) is 53.4 Å². The Morgan fingerprint density at radius 2 is 1.90 bits per heavy atom. The summed E-state index contributed by atoms with van der Waals surface area (Å²) in [5.74, 6) is -1.30. The number of halogens is 4. The largest absolute Gasteiger partial charge is 0.414 e. The number of amides is 2. The molecule has 1 saturated heterocycles. The van der Waals surface area contributed by atoms with E-state index in [2.05, 4.69) is 10.3 Å². The number of pyridine rings is 2. The predicted molar refractivity (Wildman–Crippen MR) is 148 cm³/mol. The van der Waals surface area contributed by atoms with E-state index in [4.69, 9.17) is 26.8 Å². The Kier molecular flexibility index (Phi) is 8.67. The van der Waals surface area contributed by atoms with Crippen LogP contribution < -0.4 is 16.6 Å². The van der Waals surface area contributed by atoms with E-state index in [9.17, 15) is 27.6 Å². The first-order chi connectivity index (χ1) is 20.0. The number of rotatable bonds is 6. The standard InChI is InChI=1S/C29H28ClF3N4O5/c30-18-5-4-16-9-25(29(31,32)33)42-15-17-14-37(26(38)12-22(17)21(16)10-18)24(11-20-3-1-2-8-41-20)28(40)36-19-6-7-23(27(34)39)35-13-19/h4-7,10,12-14,20,24-25H,1-3,8-9,11,15H2,(H2,34,39)(H,36,40)/t20-,24-,25?/m0/s1. The summed E-state index contributed by atoms with van der Waals surface area (Å²) in [6.07, 6.45) is -2.21. The maximum Gasteiger partial charge on any atom is 0.414 e. The maximum atomic E-state index is 13.8. The molecule has 0 bridgehead atoms. The summed E-state index contributed by atoms with van der Waals surface area (Å²) in [5.41, 5.74) is 6.38. The van der Waals surface area contributed by atoms with Gasteiger partial charge in [0.15, 0.2) is 6.10 Å². The van der Waals surface area contributed by atoms with Crippen molar-refractivity contribution in [3.8, 4) is 11.1 Å². The molecule has 2 amide bonds. The van der Waals surface area contributed by atoms with Crippen LogP contribution in [0.1, 0.15) is 53.3 Å². The first-order valence-corrected chi connectivity index (χ1v) is 13.8. The number of alkyl halides is 3. The predicted octanol–water partition coefficient (Wildman–Crippen LogP) is 4.81. The summed E-state index contributed by atoms with van der Waals surface area (Å²) in [4.78, 5) is 42.5. The van der Waals surface area contributed by atoms with Crippen LogP contribution >= 0.6 is 11.6 Å². The number of primary amides is 1. The zero-order chi connectivity index (χ0) is 30.0. The first kappa shape index (κ1) is 29.7.